The summed E-state index contributed by atoms with van der Waals surface area (Å²) in [6.45, 7) is 1.87. The molecule has 4 rings (SSSR count). The van der Waals surface area contributed by atoms with Crippen LogP contribution in [0.25, 0.3) is 4.96 Å². The third-order valence-electron chi connectivity index (χ3n) is 5.16. The summed E-state index contributed by atoms with van der Waals surface area (Å²) in [4.78, 5) is 16.2. The number of rotatable bonds is 6. The van der Waals surface area contributed by atoms with E-state index < -0.39 is 0 Å². The van der Waals surface area contributed by atoms with Crippen molar-refractivity contribution < 1.29 is 14.4 Å². The van der Waals surface area contributed by atoms with Crippen LogP contribution in [0.1, 0.15) is 18.4 Å². The van der Waals surface area contributed by atoms with Crippen LogP contribution in [0.3, 0.4) is 0 Å². The minimum atomic E-state index is -0.390. The highest BCUT2D eigenvalue weighted by molar-refractivity contribution is 7.15. The van der Waals surface area contributed by atoms with Crippen LogP contribution in [0.5, 0.6) is 5.75 Å². The number of fused-ring (bicyclic) bond motifs is 1. The van der Waals surface area contributed by atoms with Crippen molar-refractivity contribution in [2.24, 2.45) is 0 Å². The second kappa shape index (κ2) is 7.16. The van der Waals surface area contributed by atoms with Crippen molar-refractivity contribution in [2.45, 2.75) is 18.3 Å². The van der Waals surface area contributed by atoms with Gasteiger partial charge in [-0.2, -0.15) is 9.38 Å². The lowest BCUT2D eigenvalue weighted by Gasteiger charge is -2.38. The number of thiazole rings is 1. The van der Waals surface area contributed by atoms with Gasteiger partial charge < -0.3 is 24.9 Å². The molecule has 0 unspecified atom stereocenters. The minimum Gasteiger partial charge on any atom is -0.497 e. The van der Waals surface area contributed by atoms with Crippen LogP contribution >= 0.6 is 11.3 Å². The van der Waals surface area contributed by atoms with E-state index in [9.17, 15) is 10.1 Å². The molecule has 3 heterocycles. The quantitative estimate of drug-likeness (QED) is 0.514. The summed E-state index contributed by atoms with van der Waals surface area (Å²) in [7, 11) is 1.64. The Balaban J connectivity index is 1.64. The Morgan fingerprint density at radius 1 is 1.37 bits per heavy atom. The number of hydrogen-bond acceptors (Lipinski definition) is 7. The van der Waals surface area contributed by atoms with Crippen LogP contribution < -0.4 is 10.1 Å². The summed E-state index contributed by atoms with van der Waals surface area (Å²) in [6.07, 6.45) is 3.34. The lowest BCUT2D eigenvalue weighted by molar-refractivity contribution is -0.389. The van der Waals surface area contributed by atoms with E-state index in [1.54, 1.807) is 18.7 Å². The van der Waals surface area contributed by atoms with Gasteiger partial charge in [0.15, 0.2) is 0 Å². The van der Waals surface area contributed by atoms with Gasteiger partial charge in [0.25, 0.3) is 4.96 Å². The van der Waals surface area contributed by atoms with Crippen molar-refractivity contribution >= 4 is 27.9 Å². The van der Waals surface area contributed by atoms with Crippen molar-refractivity contribution in [2.75, 3.05) is 32.2 Å². The Morgan fingerprint density at radius 3 is 2.78 bits per heavy atom. The van der Waals surface area contributed by atoms with Gasteiger partial charge >= 0.3 is 5.82 Å². The fraction of sp³-hybridized carbons (Fsp3) is 0.389. The van der Waals surface area contributed by atoms with Crippen molar-refractivity contribution in [3.63, 3.8) is 0 Å². The van der Waals surface area contributed by atoms with E-state index in [1.807, 2.05) is 12.1 Å². The first-order valence-corrected chi connectivity index (χ1v) is 9.57. The molecule has 2 aromatic heterocycles. The molecule has 0 radical (unpaired) electrons. The van der Waals surface area contributed by atoms with Crippen LogP contribution in [0.4, 0.5) is 11.6 Å². The van der Waals surface area contributed by atoms with Gasteiger partial charge in [-0.15, -0.1) is 0 Å². The second-order valence-corrected chi connectivity index (χ2v) is 7.44. The molecule has 0 aliphatic carbocycles. The molecule has 0 bridgehead atoms. The van der Waals surface area contributed by atoms with Crippen LogP contribution in [0.2, 0.25) is 0 Å². The molecule has 9 heteroatoms. The molecular formula is C18H20N4O4S. The number of benzene rings is 1. The minimum absolute atomic E-state index is 0.0248. The van der Waals surface area contributed by atoms with Crippen LogP contribution in [0.15, 0.2) is 35.8 Å². The van der Waals surface area contributed by atoms with Crippen molar-refractivity contribution in [1.82, 2.24) is 9.38 Å². The monoisotopic (exact) mass is 388 g/mol. The summed E-state index contributed by atoms with van der Waals surface area (Å²) in [5, 5.41) is 16.6. The van der Waals surface area contributed by atoms with Gasteiger partial charge in [0.2, 0.25) is 5.82 Å². The normalized spacial score (nSPS) is 16.3. The molecule has 3 aromatic rings. The van der Waals surface area contributed by atoms with E-state index in [0.29, 0.717) is 30.5 Å². The first kappa shape index (κ1) is 17.7. The molecule has 1 aliphatic rings. The lowest BCUT2D eigenvalue weighted by atomic mass is 9.74. The van der Waals surface area contributed by atoms with Crippen molar-refractivity contribution in [3.05, 3.63) is 51.5 Å². The highest BCUT2D eigenvalue weighted by atomic mass is 32.1. The third kappa shape index (κ3) is 3.24. The molecule has 1 N–H and O–H groups in total. The molecule has 1 saturated heterocycles. The predicted molar refractivity (Wildman–Crippen MR) is 103 cm³/mol. The van der Waals surface area contributed by atoms with E-state index in [-0.39, 0.29) is 16.2 Å². The maximum Gasteiger partial charge on any atom is 0.372 e. The van der Waals surface area contributed by atoms with E-state index in [2.05, 4.69) is 22.4 Å². The Kier molecular flexibility index (Phi) is 4.71. The van der Waals surface area contributed by atoms with Crippen molar-refractivity contribution in [3.8, 4) is 5.75 Å². The van der Waals surface area contributed by atoms with Gasteiger partial charge in [0, 0.05) is 30.6 Å². The Labute approximate surface area is 159 Å². The zero-order chi connectivity index (χ0) is 18.9. The smallest absolute Gasteiger partial charge is 0.372 e. The van der Waals surface area contributed by atoms with Gasteiger partial charge in [-0.05, 0) is 35.5 Å². The number of anilines is 1. The first-order chi connectivity index (χ1) is 13.1. The lowest BCUT2D eigenvalue weighted by Crippen LogP contribution is -2.40. The van der Waals surface area contributed by atoms with Crippen LogP contribution in [0, 0.1) is 10.1 Å². The Bertz CT molecular complexity index is 944. The predicted octanol–water partition coefficient (Wildman–Crippen LogP) is 3.47. The van der Waals surface area contributed by atoms with Gasteiger partial charge in [-0.25, -0.2) is 0 Å². The topological polar surface area (TPSA) is 90.9 Å². The number of nitrogens with zero attached hydrogens (tertiary/aromatic N) is 3. The average molecular weight is 388 g/mol. The summed E-state index contributed by atoms with van der Waals surface area (Å²) in [5.74, 6) is 1.09. The van der Waals surface area contributed by atoms with Gasteiger partial charge in [0.1, 0.15) is 11.9 Å². The molecule has 0 spiro atoms. The number of nitrogens with one attached hydrogen (secondary N) is 1. The standard InChI is InChI=1S/C18H20N4O4S/c1-25-14-4-2-13(3-5-14)18(6-9-26-10-7-18)12-19-15-16(22(23)24)21-8-11-27-17(21)20-15/h2-5,8,11,19H,6-7,9-10,12H2,1H3. The largest absolute Gasteiger partial charge is 0.497 e. The summed E-state index contributed by atoms with van der Waals surface area (Å²) >= 11 is 1.37. The molecule has 0 saturated carbocycles. The Hall–Kier alpha value is -2.65. The molecule has 1 fully saturated rings. The average Bonchev–Trinajstić information content (AvgIpc) is 3.27. The van der Waals surface area contributed by atoms with Gasteiger partial charge in [-0.3, -0.25) is 0 Å². The number of hydrogen-bond donors (Lipinski definition) is 1. The van der Waals surface area contributed by atoms with Gasteiger partial charge in [-0.1, -0.05) is 23.5 Å². The number of ether oxygens (including phenoxy) is 2. The second-order valence-electron chi connectivity index (χ2n) is 6.57. The van der Waals surface area contributed by atoms with E-state index in [0.717, 1.165) is 18.6 Å². The third-order valence-corrected chi connectivity index (χ3v) is 5.91. The fourth-order valence-electron chi connectivity index (χ4n) is 3.59. The molecule has 8 nitrogen and oxygen atoms in total. The highest BCUT2D eigenvalue weighted by Gasteiger charge is 2.36. The van der Waals surface area contributed by atoms with E-state index in [1.165, 1.54) is 21.3 Å². The first-order valence-electron chi connectivity index (χ1n) is 8.69. The SMILES string of the molecule is COc1ccc(C2(CNc3nc4sccn4c3[N+](=O)[O-])CCOCC2)cc1. The zero-order valence-electron chi connectivity index (χ0n) is 14.9. The highest BCUT2D eigenvalue weighted by Crippen LogP contribution is 2.37. The van der Waals surface area contributed by atoms with Crippen LogP contribution in [-0.4, -0.2) is 41.2 Å². The van der Waals surface area contributed by atoms with Crippen molar-refractivity contribution in [1.29, 1.82) is 0 Å². The van der Waals surface area contributed by atoms with Gasteiger partial charge in [0.05, 0.1) is 7.11 Å². The molecular weight excluding hydrogens is 368 g/mol. The molecule has 0 amide bonds. The van der Waals surface area contributed by atoms with Crippen LogP contribution in [-0.2, 0) is 10.2 Å². The fourth-order valence-corrected chi connectivity index (χ4v) is 4.30. The number of methoxy groups -OCH3 is 1. The Morgan fingerprint density at radius 2 is 2.11 bits per heavy atom. The summed E-state index contributed by atoms with van der Waals surface area (Å²) in [5.41, 5.74) is 0.998. The summed E-state index contributed by atoms with van der Waals surface area (Å²) in [6, 6.07) is 8.02. The zero-order valence-corrected chi connectivity index (χ0v) is 15.7. The molecule has 0 atom stereocenters. The molecule has 1 aliphatic heterocycles. The number of imidazole rings is 1. The molecule has 1 aromatic carbocycles. The number of aromatic nitrogens is 2. The number of nitro groups is 1. The maximum absolute atomic E-state index is 11.5. The van der Waals surface area contributed by atoms with E-state index >= 15 is 0 Å². The van der Waals surface area contributed by atoms with E-state index in [4.69, 9.17) is 9.47 Å². The summed E-state index contributed by atoms with van der Waals surface area (Å²) < 4.78 is 12.3. The molecule has 142 valence electrons. The maximum atomic E-state index is 11.5. The molecule has 27 heavy (non-hydrogen) atoms.